The number of carbonyl (C=O) groups excluding carboxylic acids is 1. The number of piperidine rings is 1. The number of rotatable bonds is 3. The maximum absolute atomic E-state index is 12.1. The van der Waals surface area contributed by atoms with Gasteiger partial charge in [0.1, 0.15) is 5.84 Å². The highest BCUT2D eigenvalue weighted by atomic mass is 16.5. The number of amidine groups is 1. The van der Waals surface area contributed by atoms with Gasteiger partial charge in [-0.15, -0.1) is 0 Å². The minimum absolute atomic E-state index is 0.0165. The van der Waals surface area contributed by atoms with Gasteiger partial charge in [-0.3, -0.25) is 4.79 Å². The molecule has 18 heavy (non-hydrogen) atoms. The Kier molecular flexibility index (Phi) is 4.41. The average molecular weight is 255 g/mol. The molecule has 6 nitrogen and oxygen atoms in total. The molecule has 0 aliphatic carbocycles. The predicted molar refractivity (Wildman–Crippen MR) is 66.3 cm³/mol. The minimum atomic E-state index is -0.0165. The van der Waals surface area contributed by atoms with Crippen molar-refractivity contribution >= 4 is 11.7 Å². The molecule has 2 aliphatic heterocycles. The van der Waals surface area contributed by atoms with Crippen LogP contribution in [-0.2, 0) is 9.53 Å². The minimum Gasteiger partial charge on any atom is -0.409 e. The van der Waals surface area contributed by atoms with Crippen LogP contribution in [0.2, 0.25) is 0 Å². The van der Waals surface area contributed by atoms with Gasteiger partial charge in [0.15, 0.2) is 0 Å². The van der Waals surface area contributed by atoms with E-state index in [0.717, 1.165) is 38.8 Å². The molecular weight excluding hydrogens is 234 g/mol. The van der Waals surface area contributed by atoms with Crippen LogP contribution in [0.25, 0.3) is 0 Å². The van der Waals surface area contributed by atoms with Crippen molar-refractivity contribution in [3.8, 4) is 0 Å². The fraction of sp³-hybridized carbons (Fsp3) is 0.833. The molecule has 0 radical (unpaired) electrons. The van der Waals surface area contributed by atoms with Gasteiger partial charge in [-0.25, -0.2) is 0 Å². The molecule has 0 aromatic heterocycles. The van der Waals surface area contributed by atoms with Crippen LogP contribution in [0.3, 0.4) is 0 Å². The van der Waals surface area contributed by atoms with Gasteiger partial charge in [-0.1, -0.05) is 5.16 Å². The molecule has 2 saturated heterocycles. The highest BCUT2D eigenvalue weighted by molar-refractivity contribution is 5.84. The van der Waals surface area contributed by atoms with Gasteiger partial charge in [-0.05, 0) is 25.7 Å². The average Bonchev–Trinajstić information content (AvgIpc) is 2.90. The number of nitrogens with two attached hydrogens (primary N) is 1. The molecule has 102 valence electrons. The standard InChI is InChI=1S/C12H21N3O3/c13-12(14-17)9-3-1-5-15(8-9)11(16)7-10-4-2-6-18-10/h9-10,17H,1-8H2,(H2,13,14). The number of amides is 1. The molecule has 0 aromatic carbocycles. The lowest BCUT2D eigenvalue weighted by atomic mass is 9.96. The third-order valence-corrected chi connectivity index (χ3v) is 3.73. The highest BCUT2D eigenvalue weighted by Gasteiger charge is 2.28. The lowest BCUT2D eigenvalue weighted by Gasteiger charge is -2.32. The molecule has 0 bridgehead atoms. The maximum Gasteiger partial charge on any atom is 0.225 e. The summed E-state index contributed by atoms with van der Waals surface area (Å²) >= 11 is 0. The first-order valence-electron chi connectivity index (χ1n) is 6.57. The Bertz CT molecular complexity index is 327. The van der Waals surface area contributed by atoms with E-state index in [1.807, 2.05) is 4.90 Å². The third kappa shape index (κ3) is 3.13. The van der Waals surface area contributed by atoms with Crippen molar-refractivity contribution in [2.45, 2.75) is 38.2 Å². The van der Waals surface area contributed by atoms with Crippen LogP contribution in [-0.4, -0.2) is 47.7 Å². The zero-order valence-electron chi connectivity index (χ0n) is 10.5. The molecule has 3 N–H and O–H groups in total. The van der Waals surface area contributed by atoms with Crippen molar-refractivity contribution in [1.29, 1.82) is 0 Å². The van der Waals surface area contributed by atoms with E-state index in [0.29, 0.717) is 13.0 Å². The second-order valence-electron chi connectivity index (χ2n) is 5.04. The summed E-state index contributed by atoms with van der Waals surface area (Å²) in [5.74, 6) is 0.333. The quantitative estimate of drug-likeness (QED) is 0.333. The normalized spacial score (nSPS) is 29.6. The van der Waals surface area contributed by atoms with Crippen LogP contribution >= 0.6 is 0 Å². The molecule has 6 heteroatoms. The van der Waals surface area contributed by atoms with Crippen molar-refractivity contribution in [3.63, 3.8) is 0 Å². The van der Waals surface area contributed by atoms with Crippen LogP contribution in [0.4, 0.5) is 0 Å². The predicted octanol–water partition coefficient (Wildman–Crippen LogP) is 0.540. The Balaban J connectivity index is 1.85. The van der Waals surface area contributed by atoms with Crippen LogP contribution in [0.15, 0.2) is 5.16 Å². The molecule has 0 spiro atoms. The molecule has 2 atom stereocenters. The van der Waals surface area contributed by atoms with E-state index in [1.54, 1.807) is 0 Å². The summed E-state index contributed by atoms with van der Waals surface area (Å²) in [4.78, 5) is 13.9. The Morgan fingerprint density at radius 1 is 1.44 bits per heavy atom. The summed E-state index contributed by atoms with van der Waals surface area (Å²) < 4.78 is 5.47. The van der Waals surface area contributed by atoms with Gasteiger partial charge in [0.05, 0.1) is 12.5 Å². The molecule has 2 heterocycles. The summed E-state index contributed by atoms with van der Waals surface area (Å²) in [7, 11) is 0. The van der Waals surface area contributed by atoms with Crippen LogP contribution in [0.5, 0.6) is 0 Å². The molecule has 1 amide bonds. The molecule has 2 aliphatic rings. The van der Waals surface area contributed by atoms with Gasteiger partial charge in [-0.2, -0.15) is 0 Å². The first kappa shape index (κ1) is 13.1. The summed E-state index contributed by atoms with van der Waals surface area (Å²) in [6.45, 7) is 2.09. The number of hydrogen-bond acceptors (Lipinski definition) is 4. The van der Waals surface area contributed by atoms with E-state index in [4.69, 9.17) is 15.7 Å². The van der Waals surface area contributed by atoms with E-state index >= 15 is 0 Å². The summed E-state index contributed by atoms with van der Waals surface area (Å²) in [6, 6.07) is 0. The molecule has 2 fully saturated rings. The SMILES string of the molecule is NC(=NO)C1CCCN(C(=O)CC2CCCO2)C1. The first-order valence-corrected chi connectivity index (χ1v) is 6.57. The van der Waals surface area contributed by atoms with Gasteiger partial charge >= 0.3 is 0 Å². The van der Waals surface area contributed by atoms with Crippen molar-refractivity contribution in [1.82, 2.24) is 4.90 Å². The lowest BCUT2D eigenvalue weighted by Crippen LogP contribution is -2.44. The lowest BCUT2D eigenvalue weighted by molar-refractivity contribution is -0.134. The Morgan fingerprint density at radius 3 is 2.94 bits per heavy atom. The van der Waals surface area contributed by atoms with Gasteiger partial charge in [0.2, 0.25) is 5.91 Å². The van der Waals surface area contributed by atoms with Crippen LogP contribution < -0.4 is 5.73 Å². The summed E-state index contributed by atoms with van der Waals surface area (Å²) in [5, 5.41) is 11.7. The van der Waals surface area contributed by atoms with Crippen molar-refractivity contribution < 1.29 is 14.7 Å². The summed E-state index contributed by atoms with van der Waals surface area (Å²) in [6.07, 6.45) is 4.34. The van der Waals surface area contributed by atoms with Crippen molar-refractivity contribution in [3.05, 3.63) is 0 Å². The maximum atomic E-state index is 12.1. The zero-order valence-corrected chi connectivity index (χ0v) is 10.5. The van der Waals surface area contributed by atoms with Gasteiger partial charge < -0.3 is 20.6 Å². The number of oxime groups is 1. The molecule has 0 aromatic rings. The van der Waals surface area contributed by atoms with Crippen LogP contribution in [0.1, 0.15) is 32.1 Å². The number of ether oxygens (including phenoxy) is 1. The van der Waals surface area contributed by atoms with Crippen LogP contribution in [0, 0.1) is 5.92 Å². The Hall–Kier alpha value is -1.30. The fourth-order valence-electron chi connectivity index (χ4n) is 2.66. The number of hydrogen-bond donors (Lipinski definition) is 2. The van der Waals surface area contributed by atoms with E-state index in [9.17, 15) is 4.79 Å². The topological polar surface area (TPSA) is 88.2 Å². The number of likely N-dealkylation sites (tertiary alicyclic amines) is 1. The molecule has 2 unspecified atom stereocenters. The van der Waals surface area contributed by atoms with E-state index in [-0.39, 0.29) is 23.8 Å². The highest BCUT2D eigenvalue weighted by Crippen LogP contribution is 2.20. The Labute approximate surface area is 107 Å². The number of nitrogens with zero attached hydrogens (tertiary/aromatic N) is 2. The molecule has 2 rings (SSSR count). The van der Waals surface area contributed by atoms with E-state index < -0.39 is 0 Å². The largest absolute Gasteiger partial charge is 0.409 e. The second kappa shape index (κ2) is 6.04. The Morgan fingerprint density at radius 2 is 2.28 bits per heavy atom. The monoisotopic (exact) mass is 255 g/mol. The van der Waals surface area contributed by atoms with E-state index in [1.165, 1.54) is 0 Å². The van der Waals surface area contributed by atoms with Crippen molar-refractivity contribution in [2.24, 2.45) is 16.8 Å². The van der Waals surface area contributed by atoms with Gasteiger partial charge in [0, 0.05) is 25.6 Å². The first-order chi connectivity index (χ1) is 8.70. The fourth-order valence-corrected chi connectivity index (χ4v) is 2.66. The molecular formula is C12H21N3O3. The third-order valence-electron chi connectivity index (χ3n) is 3.73. The zero-order chi connectivity index (χ0) is 13.0. The van der Waals surface area contributed by atoms with E-state index in [2.05, 4.69) is 5.16 Å². The van der Waals surface area contributed by atoms with Crippen molar-refractivity contribution in [2.75, 3.05) is 19.7 Å². The smallest absolute Gasteiger partial charge is 0.225 e. The van der Waals surface area contributed by atoms with Gasteiger partial charge in [0.25, 0.3) is 0 Å². The second-order valence-corrected chi connectivity index (χ2v) is 5.04. The summed E-state index contributed by atoms with van der Waals surface area (Å²) in [5.41, 5.74) is 5.61. The number of carbonyl (C=O) groups is 1. The molecule has 0 saturated carbocycles.